The number of carboxylic acids is 1. The van der Waals surface area contributed by atoms with Gasteiger partial charge in [-0.2, -0.15) is 4.37 Å². The van der Waals surface area contributed by atoms with Crippen LogP contribution in [0.5, 0.6) is 0 Å². The number of halogens is 1. The smallest absolute Gasteiger partial charge is 0.366 e. The lowest BCUT2D eigenvalue weighted by molar-refractivity contribution is 0.0696. The molecule has 76 valence electrons. The fourth-order valence-corrected chi connectivity index (χ4v) is 1.77. The minimum Gasteiger partial charge on any atom is -0.476 e. The van der Waals surface area contributed by atoms with Gasteiger partial charge in [-0.15, -0.1) is 0 Å². The van der Waals surface area contributed by atoms with Crippen LogP contribution >= 0.6 is 23.1 Å². The number of nitrogens with zero attached hydrogens (tertiary/aromatic N) is 2. The number of aromatic nitrogens is 2. The molecule has 15 heavy (non-hydrogen) atoms. The number of rotatable bonds is 2. The molecule has 0 fully saturated rings. The average molecular weight is 241 g/mol. The molecular weight excluding hydrogens is 236 g/mol. The van der Waals surface area contributed by atoms with E-state index in [1.54, 1.807) is 24.3 Å². The molecule has 0 aliphatic rings. The molecule has 0 spiro atoms. The molecule has 0 amide bonds. The summed E-state index contributed by atoms with van der Waals surface area (Å²) in [6.07, 6.45) is 0. The first-order valence-electron chi connectivity index (χ1n) is 4.00. The fourth-order valence-electron chi connectivity index (χ4n) is 1.06. The van der Waals surface area contributed by atoms with E-state index in [-0.39, 0.29) is 5.01 Å². The molecule has 0 saturated heterocycles. The van der Waals surface area contributed by atoms with Crippen LogP contribution in [0.4, 0.5) is 0 Å². The van der Waals surface area contributed by atoms with Crippen molar-refractivity contribution in [1.82, 2.24) is 9.36 Å². The summed E-state index contributed by atoms with van der Waals surface area (Å²) in [7, 11) is 0. The Balaban J connectivity index is 2.41. The van der Waals surface area contributed by atoms with Crippen molar-refractivity contribution >= 4 is 29.1 Å². The van der Waals surface area contributed by atoms with Crippen LogP contribution < -0.4 is 0 Å². The molecule has 2 rings (SSSR count). The van der Waals surface area contributed by atoms with Crippen LogP contribution in [0.25, 0.3) is 11.4 Å². The summed E-state index contributed by atoms with van der Waals surface area (Å²) in [6.45, 7) is 0. The summed E-state index contributed by atoms with van der Waals surface area (Å²) in [4.78, 5) is 14.5. The van der Waals surface area contributed by atoms with E-state index in [1.807, 2.05) is 0 Å². The van der Waals surface area contributed by atoms with Crippen molar-refractivity contribution in [3.8, 4) is 11.4 Å². The Morgan fingerprint density at radius 2 is 2.27 bits per heavy atom. The first-order chi connectivity index (χ1) is 7.16. The minimum absolute atomic E-state index is 0.0232. The Kier molecular flexibility index (Phi) is 2.66. The third-order valence-electron chi connectivity index (χ3n) is 1.69. The van der Waals surface area contributed by atoms with E-state index in [2.05, 4.69) is 9.36 Å². The van der Waals surface area contributed by atoms with Gasteiger partial charge in [-0.1, -0.05) is 23.7 Å². The fraction of sp³-hybridized carbons (Fsp3) is 0. The number of hydrogen-bond acceptors (Lipinski definition) is 4. The maximum atomic E-state index is 10.6. The maximum Gasteiger partial charge on any atom is 0.366 e. The van der Waals surface area contributed by atoms with E-state index >= 15 is 0 Å². The zero-order valence-electron chi connectivity index (χ0n) is 7.35. The van der Waals surface area contributed by atoms with Crippen molar-refractivity contribution in [3.63, 3.8) is 0 Å². The number of carbonyl (C=O) groups is 1. The standard InChI is InChI=1S/C9H5ClN2O2S/c10-6-3-1-2-5(4-6)7-11-8(9(13)14)15-12-7/h1-4H,(H,13,14). The summed E-state index contributed by atoms with van der Waals surface area (Å²) < 4.78 is 3.94. The molecule has 1 N–H and O–H groups in total. The van der Waals surface area contributed by atoms with Crippen LogP contribution in [0, 0.1) is 0 Å². The highest BCUT2D eigenvalue weighted by molar-refractivity contribution is 7.07. The van der Waals surface area contributed by atoms with Gasteiger partial charge in [-0.05, 0) is 23.7 Å². The van der Waals surface area contributed by atoms with Crippen LogP contribution in [-0.2, 0) is 0 Å². The molecule has 6 heteroatoms. The van der Waals surface area contributed by atoms with Crippen LogP contribution in [0.15, 0.2) is 24.3 Å². The summed E-state index contributed by atoms with van der Waals surface area (Å²) in [6, 6.07) is 6.96. The van der Waals surface area contributed by atoms with Crippen molar-refractivity contribution in [1.29, 1.82) is 0 Å². The normalized spacial score (nSPS) is 10.2. The number of aromatic carboxylic acids is 1. The topological polar surface area (TPSA) is 63.1 Å². The largest absolute Gasteiger partial charge is 0.476 e. The third kappa shape index (κ3) is 2.14. The van der Waals surface area contributed by atoms with E-state index in [0.717, 1.165) is 11.5 Å². The number of carboxylic acid groups (broad SMARTS) is 1. The Hall–Kier alpha value is -1.46. The van der Waals surface area contributed by atoms with Crippen molar-refractivity contribution in [2.75, 3.05) is 0 Å². The Morgan fingerprint density at radius 3 is 2.87 bits per heavy atom. The molecule has 1 heterocycles. The second-order valence-electron chi connectivity index (χ2n) is 2.74. The monoisotopic (exact) mass is 240 g/mol. The predicted molar refractivity (Wildman–Crippen MR) is 57.3 cm³/mol. The van der Waals surface area contributed by atoms with Gasteiger partial charge in [0, 0.05) is 10.6 Å². The number of hydrogen-bond donors (Lipinski definition) is 1. The van der Waals surface area contributed by atoms with Gasteiger partial charge in [0.05, 0.1) is 0 Å². The average Bonchev–Trinajstić information content (AvgIpc) is 2.66. The quantitative estimate of drug-likeness (QED) is 0.876. The summed E-state index contributed by atoms with van der Waals surface area (Å²) >= 11 is 6.65. The Labute approximate surface area is 94.3 Å². The van der Waals surface area contributed by atoms with Gasteiger partial charge >= 0.3 is 5.97 Å². The number of benzene rings is 1. The van der Waals surface area contributed by atoms with Gasteiger partial charge in [-0.3, -0.25) is 0 Å². The molecule has 0 bridgehead atoms. The minimum atomic E-state index is -1.07. The SMILES string of the molecule is O=C(O)c1nc(-c2cccc(Cl)c2)ns1. The molecule has 4 nitrogen and oxygen atoms in total. The maximum absolute atomic E-state index is 10.6. The van der Waals surface area contributed by atoms with Crippen LogP contribution in [0.1, 0.15) is 9.80 Å². The van der Waals surface area contributed by atoms with Crippen molar-refractivity contribution in [3.05, 3.63) is 34.3 Å². The van der Waals surface area contributed by atoms with Crippen molar-refractivity contribution in [2.45, 2.75) is 0 Å². The lowest BCUT2D eigenvalue weighted by Crippen LogP contribution is -1.94. The highest BCUT2D eigenvalue weighted by Crippen LogP contribution is 2.21. The van der Waals surface area contributed by atoms with E-state index in [9.17, 15) is 4.79 Å². The second kappa shape index (κ2) is 3.96. The van der Waals surface area contributed by atoms with Crippen molar-refractivity contribution in [2.24, 2.45) is 0 Å². The van der Waals surface area contributed by atoms with E-state index < -0.39 is 5.97 Å². The first-order valence-corrected chi connectivity index (χ1v) is 5.15. The molecule has 0 aliphatic carbocycles. The summed E-state index contributed by atoms with van der Waals surface area (Å²) in [5.41, 5.74) is 0.714. The lowest BCUT2D eigenvalue weighted by atomic mass is 10.2. The summed E-state index contributed by atoms with van der Waals surface area (Å²) in [5, 5.41) is 9.23. The van der Waals surface area contributed by atoms with E-state index in [0.29, 0.717) is 16.4 Å². The van der Waals surface area contributed by atoms with Gasteiger partial charge in [0.25, 0.3) is 0 Å². The molecular formula is C9H5ClN2O2S. The van der Waals surface area contributed by atoms with Gasteiger partial charge in [0.1, 0.15) is 0 Å². The highest BCUT2D eigenvalue weighted by atomic mass is 35.5. The summed E-state index contributed by atoms with van der Waals surface area (Å²) in [5.74, 6) is -0.680. The van der Waals surface area contributed by atoms with Gasteiger partial charge < -0.3 is 5.11 Å². The molecule has 0 aliphatic heterocycles. The highest BCUT2D eigenvalue weighted by Gasteiger charge is 2.11. The second-order valence-corrected chi connectivity index (χ2v) is 3.93. The predicted octanol–water partition coefficient (Wildman–Crippen LogP) is 2.56. The van der Waals surface area contributed by atoms with Gasteiger partial charge in [0.15, 0.2) is 5.82 Å². The van der Waals surface area contributed by atoms with Gasteiger partial charge in [0.2, 0.25) is 5.01 Å². The lowest BCUT2D eigenvalue weighted by Gasteiger charge is -1.94. The first kappa shape index (κ1) is 10.1. The van der Waals surface area contributed by atoms with Crippen LogP contribution in [0.2, 0.25) is 5.02 Å². The zero-order valence-corrected chi connectivity index (χ0v) is 8.92. The molecule has 1 aromatic heterocycles. The zero-order chi connectivity index (χ0) is 10.8. The van der Waals surface area contributed by atoms with E-state index in [1.165, 1.54) is 0 Å². The van der Waals surface area contributed by atoms with Gasteiger partial charge in [-0.25, -0.2) is 9.78 Å². The van der Waals surface area contributed by atoms with Crippen LogP contribution in [-0.4, -0.2) is 20.4 Å². The molecule has 0 radical (unpaired) electrons. The Bertz CT molecular complexity index is 512. The third-order valence-corrected chi connectivity index (χ3v) is 2.63. The molecule has 1 aromatic carbocycles. The van der Waals surface area contributed by atoms with Crippen LogP contribution in [0.3, 0.4) is 0 Å². The Morgan fingerprint density at radius 1 is 1.47 bits per heavy atom. The van der Waals surface area contributed by atoms with Crippen molar-refractivity contribution < 1.29 is 9.90 Å². The molecule has 2 aromatic rings. The molecule has 0 atom stereocenters. The van der Waals surface area contributed by atoms with E-state index in [4.69, 9.17) is 16.7 Å². The molecule has 0 unspecified atom stereocenters. The molecule has 0 saturated carbocycles.